The smallest absolute Gasteiger partial charge is 0.147 e. The van der Waals surface area contributed by atoms with Crippen LogP contribution in [-0.4, -0.2) is 67.9 Å². The summed E-state index contributed by atoms with van der Waals surface area (Å²) in [7, 11) is 2.17. The van der Waals surface area contributed by atoms with Crippen molar-refractivity contribution in [2.24, 2.45) is 5.92 Å². The number of ketones is 1. The number of nitrogens with one attached hydrogen (secondary N) is 1. The van der Waals surface area contributed by atoms with E-state index < -0.39 is 0 Å². The molecule has 2 saturated heterocycles. The molecule has 0 radical (unpaired) electrons. The molecule has 4 nitrogen and oxygen atoms in total. The van der Waals surface area contributed by atoms with E-state index in [0.717, 1.165) is 32.7 Å². The number of Topliss-reactive ketones (excluding diaryl/α,β-unsaturated/α-hetero) is 1. The van der Waals surface area contributed by atoms with Crippen LogP contribution in [-0.2, 0) is 4.79 Å². The van der Waals surface area contributed by atoms with E-state index in [1.54, 1.807) is 6.92 Å². The van der Waals surface area contributed by atoms with E-state index in [1.807, 2.05) is 0 Å². The van der Waals surface area contributed by atoms with Crippen molar-refractivity contribution in [2.75, 3.05) is 46.3 Å². The Morgan fingerprint density at radius 3 is 2.59 bits per heavy atom. The number of rotatable bonds is 3. The van der Waals surface area contributed by atoms with E-state index in [0.29, 0.717) is 11.7 Å². The van der Waals surface area contributed by atoms with E-state index in [2.05, 4.69) is 22.2 Å². The highest BCUT2D eigenvalue weighted by molar-refractivity contribution is 5.81. The van der Waals surface area contributed by atoms with Crippen LogP contribution in [0, 0.1) is 5.92 Å². The predicted octanol–water partition coefficient (Wildman–Crippen LogP) is 0.191. The monoisotopic (exact) mass is 239 g/mol. The van der Waals surface area contributed by atoms with Gasteiger partial charge in [-0.15, -0.1) is 0 Å². The first kappa shape index (κ1) is 13.0. The maximum atomic E-state index is 12.0. The van der Waals surface area contributed by atoms with Crippen molar-refractivity contribution in [3.05, 3.63) is 0 Å². The number of piperazine rings is 1. The Balaban J connectivity index is 2.02. The Morgan fingerprint density at radius 2 is 2.00 bits per heavy atom. The summed E-state index contributed by atoms with van der Waals surface area (Å²) < 4.78 is 0. The summed E-state index contributed by atoms with van der Waals surface area (Å²) in [6.07, 6.45) is 2.44. The molecular formula is C13H25N3O. The Kier molecular flexibility index (Phi) is 4.54. The fraction of sp³-hybridized carbons (Fsp3) is 0.923. The highest BCUT2D eigenvalue weighted by atomic mass is 16.1. The van der Waals surface area contributed by atoms with Crippen molar-refractivity contribution < 1.29 is 4.79 Å². The molecule has 0 aliphatic carbocycles. The Morgan fingerprint density at radius 1 is 1.29 bits per heavy atom. The Labute approximate surface area is 104 Å². The third kappa shape index (κ3) is 3.27. The first-order chi connectivity index (χ1) is 8.18. The van der Waals surface area contributed by atoms with Crippen LogP contribution in [0.4, 0.5) is 0 Å². The van der Waals surface area contributed by atoms with Gasteiger partial charge in [0.2, 0.25) is 0 Å². The van der Waals surface area contributed by atoms with Gasteiger partial charge in [0.1, 0.15) is 5.78 Å². The van der Waals surface area contributed by atoms with Gasteiger partial charge < -0.3 is 10.2 Å². The zero-order valence-corrected chi connectivity index (χ0v) is 11.1. The summed E-state index contributed by atoms with van der Waals surface area (Å²) in [6, 6.07) is 0.153. The van der Waals surface area contributed by atoms with Crippen LogP contribution < -0.4 is 5.32 Å². The average Bonchev–Trinajstić information content (AvgIpc) is 2.30. The molecule has 2 heterocycles. The molecule has 98 valence electrons. The van der Waals surface area contributed by atoms with Gasteiger partial charge in [-0.3, -0.25) is 9.69 Å². The quantitative estimate of drug-likeness (QED) is 0.763. The largest absolute Gasteiger partial charge is 0.314 e. The van der Waals surface area contributed by atoms with Crippen LogP contribution in [0.5, 0.6) is 0 Å². The van der Waals surface area contributed by atoms with Crippen LogP contribution in [0.3, 0.4) is 0 Å². The van der Waals surface area contributed by atoms with Crippen molar-refractivity contribution in [1.82, 2.24) is 15.1 Å². The van der Waals surface area contributed by atoms with E-state index in [-0.39, 0.29) is 6.04 Å². The number of hydrogen-bond donors (Lipinski definition) is 1. The minimum Gasteiger partial charge on any atom is -0.314 e. The summed E-state index contributed by atoms with van der Waals surface area (Å²) in [5.41, 5.74) is 0. The Bertz CT molecular complexity index is 263. The molecule has 2 aliphatic heterocycles. The predicted molar refractivity (Wildman–Crippen MR) is 69.1 cm³/mol. The highest BCUT2D eigenvalue weighted by Gasteiger charge is 2.33. The second-order valence-corrected chi connectivity index (χ2v) is 5.51. The molecule has 2 aliphatic rings. The molecule has 0 aromatic carbocycles. The van der Waals surface area contributed by atoms with Gasteiger partial charge >= 0.3 is 0 Å². The molecule has 2 fully saturated rings. The molecule has 2 atom stereocenters. The van der Waals surface area contributed by atoms with E-state index in [4.69, 9.17) is 0 Å². The first-order valence-corrected chi connectivity index (χ1v) is 6.82. The van der Waals surface area contributed by atoms with Crippen LogP contribution in [0.2, 0.25) is 0 Å². The molecule has 0 aromatic heterocycles. The number of hydrogen-bond acceptors (Lipinski definition) is 4. The molecule has 2 unspecified atom stereocenters. The lowest BCUT2D eigenvalue weighted by molar-refractivity contribution is -0.125. The van der Waals surface area contributed by atoms with Gasteiger partial charge in [-0.25, -0.2) is 0 Å². The first-order valence-electron chi connectivity index (χ1n) is 6.82. The maximum absolute atomic E-state index is 12.0. The minimum absolute atomic E-state index is 0.153. The summed E-state index contributed by atoms with van der Waals surface area (Å²) in [6.45, 7) is 8.10. The van der Waals surface area contributed by atoms with E-state index >= 15 is 0 Å². The summed E-state index contributed by atoms with van der Waals surface area (Å²) >= 11 is 0. The number of nitrogens with zero attached hydrogens (tertiary/aromatic N) is 2. The summed E-state index contributed by atoms with van der Waals surface area (Å²) in [4.78, 5) is 16.7. The standard InChI is InChI=1S/C13H25N3O/c1-11(17)13(16-8-5-14-6-9-16)12-4-3-7-15(2)10-12/h12-14H,3-10H2,1-2H3. The van der Waals surface area contributed by atoms with Crippen LogP contribution in [0.1, 0.15) is 19.8 Å². The van der Waals surface area contributed by atoms with Gasteiger partial charge in [-0.05, 0) is 39.3 Å². The third-order valence-corrected chi connectivity index (χ3v) is 4.07. The molecule has 4 heteroatoms. The second kappa shape index (κ2) is 5.94. The molecular weight excluding hydrogens is 214 g/mol. The minimum atomic E-state index is 0.153. The molecule has 1 N–H and O–H groups in total. The number of carbonyl (C=O) groups excluding carboxylic acids is 1. The van der Waals surface area contributed by atoms with Gasteiger partial charge in [0, 0.05) is 32.7 Å². The fourth-order valence-corrected chi connectivity index (χ4v) is 3.31. The van der Waals surface area contributed by atoms with Crippen molar-refractivity contribution in [3.8, 4) is 0 Å². The second-order valence-electron chi connectivity index (χ2n) is 5.51. The molecule has 2 rings (SSSR count). The highest BCUT2D eigenvalue weighted by Crippen LogP contribution is 2.23. The van der Waals surface area contributed by atoms with Crippen LogP contribution in [0.15, 0.2) is 0 Å². The average molecular weight is 239 g/mol. The van der Waals surface area contributed by atoms with Crippen molar-refractivity contribution in [3.63, 3.8) is 0 Å². The molecule has 17 heavy (non-hydrogen) atoms. The normalized spacial score (nSPS) is 30.1. The Hall–Kier alpha value is -0.450. The zero-order chi connectivity index (χ0) is 12.3. The number of piperidine rings is 1. The maximum Gasteiger partial charge on any atom is 0.147 e. The molecule has 0 saturated carbocycles. The number of likely N-dealkylation sites (tertiary alicyclic amines) is 1. The third-order valence-electron chi connectivity index (χ3n) is 4.07. The molecule has 0 aromatic rings. The topological polar surface area (TPSA) is 35.6 Å². The van der Waals surface area contributed by atoms with Gasteiger partial charge in [0.25, 0.3) is 0 Å². The van der Waals surface area contributed by atoms with Crippen LogP contribution in [0.25, 0.3) is 0 Å². The van der Waals surface area contributed by atoms with Gasteiger partial charge in [0.15, 0.2) is 0 Å². The SMILES string of the molecule is CC(=O)C(C1CCCN(C)C1)N1CCNCC1. The van der Waals surface area contributed by atoms with E-state index in [1.165, 1.54) is 19.4 Å². The van der Waals surface area contributed by atoms with Crippen molar-refractivity contribution in [2.45, 2.75) is 25.8 Å². The van der Waals surface area contributed by atoms with Gasteiger partial charge in [0.05, 0.1) is 6.04 Å². The summed E-state index contributed by atoms with van der Waals surface area (Å²) in [5, 5.41) is 3.36. The zero-order valence-electron chi connectivity index (χ0n) is 11.1. The van der Waals surface area contributed by atoms with Gasteiger partial charge in [-0.1, -0.05) is 0 Å². The molecule has 0 spiro atoms. The van der Waals surface area contributed by atoms with Crippen molar-refractivity contribution in [1.29, 1.82) is 0 Å². The van der Waals surface area contributed by atoms with Crippen LogP contribution >= 0.6 is 0 Å². The lowest BCUT2D eigenvalue weighted by Gasteiger charge is -2.41. The summed E-state index contributed by atoms with van der Waals surface area (Å²) in [5.74, 6) is 0.886. The van der Waals surface area contributed by atoms with E-state index in [9.17, 15) is 4.79 Å². The fourth-order valence-electron chi connectivity index (χ4n) is 3.31. The molecule has 0 amide bonds. The molecule has 0 bridgehead atoms. The lowest BCUT2D eigenvalue weighted by atomic mass is 9.87. The lowest BCUT2D eigenvalue weighted by Crippen LogP contribution is -2.55. The number of carbonyl (C=O) groups is 1. The van der Waals surface area contributed by atoms with Gasteiger partial charge in [-0.2, -0.15) is 0 Å². The van der Waals surface area contributed by atoms with Crippen molar-refractivity contribution >= 4 is 5.78 Å².